The summed E-state index contributed by atoms with van der Waals surface area (Å²) in [5.41, 5.74) is 9.87. The molecule has 0 saturated heterocycles. The zero-order valence-electron chi connectivity index (χ0n) is 5.75. The highest BCUT2D eigenvalue weighted by Gasteiger charge is 1.86. The highest BCUT2D eigenvalue weighted by molar-refractivity contribution is 5.64. The molecule has 0 bridgehead atoms. The number of primary amides is 1. The van der Waals surface area contributed by atoms with Crippen molar-refractivity contribution < 1.29 is 9.53 Å². The zero-order valence-corrected chi connectivity index (χ0v) is 5.75. The molecule has 4 heteroatoms. The molecule has 4 nitrogen and oxygen atoms in total. The Hall–Kier alpha value is -1.03. The monoisotopic (exact) mass is 144 g/mol. The maximum atomic E-state index is 9.97. The van der Waals surface area contributed by atoms with Gasteiger partial charge in [0.15, 0.2) is 0 Å². The molecule has 0 aromatic carbocycles. The lowest BCUT2D eigenvalue weighted by Gasteiger charge is -1.92. The Labute approximate surface area is 59.8 Å². The summed E-state index contributed by atoms with van der Waals surface area (Å²) in [5.74, 6) is 0. The van der Waals surface area contributed by atoms with Crippen LogP contribution in [0.3, 0.4) is 0 Å². The van der Waals surface area contributed by atoms with Crippen LogP contribution in [-0.4, -0.2) is 19.2 Å². The van der Waals surface area contributed by atoms with Crippen LogP contribution in [0.25, 0.3) is 0 Å². The van der Waals surface area contributed by atoms with Gasteiger partial charge in [0.25, 0.3) is 0 Å². The van der Waals surface area contributed by atoms with Crippen LogP contribution in [0.5, 0.6) is 0 Å². The van der Waals surface area contributed by atoms with Crippen LogP contribution in [0.4, 0.5) is 4.79 Å². The summed E-state index contributed by atoms with van der Waals surface area (Å²) >= 11 is 0. The molecule has 0 aliphatic carbocycles. The molecule has 0 aromatic heterocycles. The van der Waals surface area contributed by atoms with Crippen LogP contribution in [0.15, 0.2) is 12.2 Å². The molecule has 0 heterocycles. The lowest BCUT2D eigenvalue weighted by molar-refractivity contribution is 0.169. The predicted octanol–water partition coefficient (Wildman–Crippen LogP) is -0.0133. The van der Waals surface area contributed by atoms with Crippen LogP contribution >= 0.6 is 0 Å². The second kappa shape index (κ2) is 6.10. The first kappa shape index (κ1) is 8.97. The second-order valence-corrected chi connectivity index (χ2v) is 1.68. The SMILES string of the molecule is NCCC=CCOC(N)=O. The van der Waals surface area contributed by atoms with E-state index in [1.807, 2.05) is 6.08 Å². The lowest BCUT2D eigenvalue weighted by Crippen LogP contribution is -2.12. The van der Waals surface area contributed by atoms with Gasteiger partial charge >= 0.3 is 6.09 Å². The molecule has 58 valence electrons. The number of amides is 1. The Morgan fingerprint density at radius 1 is 1.50 bits per heavy atom. The van der Waals surface area contributed by atoms with Crippen molar-refractivity contribution in [2.24, 2.45) is 11.5 Å². The normalized spacial score (nSPS) is 10.1. The van der Waals surface area contributed by atoms with Crippen molar-refractivity contribution >= 4 is 6.09 Å². The number of hydrogen-bond donors (Lipinski definition) is 2. The van der Waals surface area contributed by atoms with Crippen molar-refractivity contribution in [2.75, 3.05) is 13.2 Å². The zero-order chi connectivity index (χ0) is 7.82. The fourth-order valence-electron chi connectivity index (χ4n) is 0.412. The van der Waals surface area contributed by atoms with Crippen molar-refractivity contribution in [2.45, 2.75) is 6.42 Å². The summed E-state index contributed by atoms with van der Waals surface area (Å²) in [7, 11) is 0. The molecule has 0 aliphatic heterocycles. The van der Waals surface area contributed by atoms with Gasteiger partial charge in [0.2, 0.25) is 0 Å². The molecule has 0 unspecified atom stereocenters. The highest BCUT2D eigenvalue weighted by atomic mass is 16.5. The van der Waals surface area contributed by atoms with Gasteiger partial charge in [-0.15, -0.1) is 0 Å². The van der Waals surface area contributed by atoms with E-state index in [1.165, 1.54) is 0 Å². The second-order valence-electron chi connectivity index (χ2n) is 1.68. The molecule has 0 atom stereocenters. The third kappa shape index (κ3) is 6.97. The molecule has 0 aliphatic rings. The Morgan fingerprint density at radius 3 is 2.70 bits per heavy atom. The number of nitrogens with two attached hydrogens (primary N) is 2. The third-order valence-electron chi connectivity index (χ3n) is 0.822. The van der Waals surface area contributed by atoms with Gasteiger partial charge in [-0.25, -0.2) is 4.79 Å². The van der Waals surface area contributed by atoms with E-state index < -0.39 is 6.09 Å². The van der Waals surface area contributed by atoms with Gasteiger partial charge < -0.3 is 16.2 Å². The fourth-order valence-corrected chi connectivity index (χ4v) is 0.412. The Kier molecular flexibility index (Phi) is 5.47. The average molecular weight is 144 g/mol. The van der Waals surface area contributed by atoms with Gasteiger partial charge in [-0.3, -0.25) is 0 Å². The first-order chi connectivity index (χ1) is 4.77. The highest BCUT2D eigenvalue weighted by Crippen LogP contribution is 1.80. The van der Waals surface area contributed by atoms with Crippen LogP contribution in [0.2, 0.25) is 0 Å². The Balaban J connectivity index is 3.10. The molecule has 4 N–H and O–H groups in total. The molecule has 0 spiro atoms. The van der Waals surface area contributed by atoms with E-state index in [9.17, 15) is 4.79 Å². The van der Waals surface area contributed by atoms with E-state index in [0.717, 1.165) is 6.42 Å². The van der Waals surface area contributed by atoms with Crippen LogP contribution in [0.1, 0.15) is 6.42 Å². The number of ether oxygens (including phenoxy) is 1. The number of carbonyl (C=O) groups excluding carboxylic acids is 1. The van der Waals surface area contributed by atoms with Gasteiger partial charge in [-0.2, -0.15) is 0 Å². The molecule has 0 radical (unpaired) electrons. The number of hydrogen-bond acceptors (Lipinski definition) is 3. The summed E-state index contributed by atoms with van der Waals surface area (Å²) in [4.78, 5) is 9.97. The van der Waals surface area contributed by atoms with Crippen LogP contribution < -0.4 is 11.5 Å². The predicted molar refractivity (Wildman–Crippen MR) is 38.3 cm³/mol. The molecule has 0 fully saturated rings. The summed E-state index contributed by atoms with van der Waals surface area (Å²) in [5, 5.41) is 0. The summed E-state index contributed by atoms with van der Waals surface area (Å²) < 4.78 is 4.40. The van der Waals surface area contributed by atoms with Gasteiger partial charge in [-0.05, 0) is 13.0 Å². The maximum absolute atomic E-state index is 9.97. The van der Waals surface area contributed by atoms with E-state index in [-0.39, 0.29) is 6.61 Å². The lowest BCUT2D eigenvalue weighted by atomic mass is 10.4. The summed E-state index contributed by atoms with van der Waals surface area (Å²) in [6.07, 6.45) is 3.58. The fraction of sp³-hybridized carbons (Fsp3) is 0.500. The molecular formula is C6H12N2O2. The molecule has 10 heavy (non-hydrogen) atoms. The average Bonchev–Trinajstić information content (AvgIpc) is 1.87. The van der Waals surface area contributed by atoms with Crippen molar-refractivity contribution in [3.8, 4) is 0 Å². The van der Waals surface area contributed by atoms with Gasteiger partial charge in [0, 0.05) is 0 Å². The van der Waals surface area contributed by atoms with E-state index in [2.05, 4.69) is 10.5 Å². The molecule has 0 saturated carbocycles. The summed E-state index contributed by atoms with van der Waals surface area (Å²) in [6, 6.07) is 0. The largest absolute Gasteiger partial charge is 0.445 e. The topological polar surface area (TPSA) is 78.3 Å². The summed E-state index contributed by atoms with van der Waals surface area (Å²) in [6.45, 7) is 0.836. The Morgan fingerprint density at radius 2 is 2.20 bits per heavy atom. The van der Waals surface area contributed by atoms with Crippen molar-refractivity contribution in [1.82, 2.24) is 0 Å². The quantitative estimate of drug-likeness (QED) is 0.544. The molecule has 0 aromatic rings. The van der Waals surface area contributed by atoms with E-state index in [1.54, 1.807) is 6.08 Å². The number of rotatable bonds is 4. The van der Waals surface area contributed by atoms with E-state index in [0.29, 0.717) is 6.54 Å². The van der Waals surface area contributed by atoms with Gasteiger partial charge in [0.05, 0.1) is 0 Å². The van der Waals surface area contributed by atoms with Crippen molar-refractivity contribution in [3.63, 3.8) is 0 Å². The first-order valence-electron chi connectivity index (χ1n) is 3.04. The van der Waals surface area contributed by atoms with Crippen LogP contribution in [0, 0.1) is 0 Å². The van der Waals surface area contributed by atoms with E-state index in [4.69, 9.17) is 5.73 Å². The number of carbonyl (C=O) groups is 1. The molecule has 1 amide bonds. The van der Waals surface area contributed by atoms with Crippen LogP contribution in [-0.2, 0) is 4.74 Å². The maximum Gasteiger partial charge on any atom is 0.404 e. The minimum atomic E-state index is -0.752. The minimum absolute atomic E-state index is 0.231. The van der Waals surface area contributed by atoms with Gasteiger partial charge in [-0.1, -0.05) is 12.2 Å². The van der Waals surface area contributed by atoms with Crippen molar-refractivity contribution in [3.05, 3.63) is 12.2 Å². The first-order valence-corrected chi connectivity index (χ1v) is 3.04. The molecule has 0 rings (SSSR count). The van der Waals surface area contributed by atoms with Gasteiger partial charge in [0.1, 0.15) is 6.61 Å². The minimum Gasteiger partial charge on any atom is -0.445 e. The van der Waals surface area contributed by atoms with Crippen molar-refractivity contribution in [1.29, 1.82) is 0 Å². The standard InChI is InChI=1S/C6H12N2O2/c7-4-2-1-3-5-10-6(8)9/h1,3H,2,4-5,7H2,(H2,8,9). The third-order valence-corrected chi connectivity index (χ3v) is 0.822. The smallest absolute Gasteiger partial charge is 0.404 e. The van der Waals surface area contributed by atoms with E-state index >= 15 is 0 Å². The Bertz CT molecular complexity index is 123. The molecular weight excluding hydrogens is 132 g/mol.